The molecule has 6 nitrogen and oxygen atoms in total. The Morgan fingerprint density at radius 2 is 1.45 bits per heavy atom. The number of sulfonamides is 1. The number of aryl methyl sites for hydroxylation is 1. The molecule has 0 aliphatic carbocycles. The highest BCUT2D eigenvalue weighted by Gasteiger charge is 2.20. The first kappa shape index (κ1) is 27.6. The van der Waals surface area contributed by atoms with Gasteiger partial charge in [0.1, 0.15) is 0 Å². The molecule has 5 aromatic rings. The third-order valence-corrected chi connectivity index (χ3v) is 8.86. The zero-order valence-corrected chi connectivity index (χ0v) is 24.0. The molecular weight excluding hydrogens is 562 g/mol. The average molecular weight is 588 g/mol. The lowest BCUT2D eigenvalue weighted by atomic mass is 10.0. The van der Waals surface area contributed by atoms with E-state index in [0.29, 0.717) is 10.2 Å². The third kappa shape index (κ3) is 6.25. The maximum Gasteiger partial charge on any atom is 0.261 e. The number of thiazole rings is 1. The van der Waals surface area contributed by atoms with Crippen molar-refractivity contribution in [2.45, 2.75) is 24.7 Å². The van der Waals surface area contributed by atoms with E-state index >= 15 is 0 Å². The van der Waals surface area contributed by atoms with E-state index in [2.05, 4.69) is 41.2 Å². The van der Waals surface area contributed by atoms with Crippen molar-refractivity contribution < 1.29 is 13.2 Å². The zero-order chi connectivity index (χ0) is 28.1. The van der Waals surface area contributed by atoms with E-state index < -0.39 is 15.9 Å². The largest absolute Gasteiger partial charge is 0.298 e. The fraction of sp³-hybridized carbons (Fsp3) is 0.0968. The molecule has 202 valence electrons. The van der Waals surface area contributed by atoms with Gasteiger partial charge in [0.05, 0.1) is 21.8 Å². The summed E-state index contributed by atoms with van der Waals surface area (Å²) in [5.41, 5.74) is 4.40. The molecular formula is C31H26ClN3O3S2. The van der Waals surface area contributed by atoms with Crippen molar-refractivity contribution >= 4 is 49.7 Å². The molecule has 0 spiro atoms. The van der Waals surface area contributed by atoms with Crippen molar-refractivity contribution in [1.29, 1.82) is 0 Å². The number of carbonyl (C=O) groups is 1. The van der Waals surface area contributed by atoms with Gasteiger partial charge in [-0.2, -0.15) is 0 Å². The first-order chi connectivity index (χ1) is 19.3. The van der Waals surface area contributed by atoms with E-state index in [1.165, 1.54) is 35.6 Å². The molecule has 4 aromatic carbocycles. The number of benzene rings is 4. The summed E-state index contributed by atoms with van der Waals surface area (Å²) in [7, 11) is -3.93. The number of amides is 1. The molecule has 0 saturated carbocycles. The number of rotatable bonds is 9. The number of anilines is 2. The smallest absolute Gasteiger partial charge is 0.261 e. The number of hydrogen-bond acceptors (Lipinski definition) is 5. The number of hydrogen-bond donors (Lipinski definition) is 2. The van der Waals surface area contributed by atoms with Crippen LogP contribution in [0.25, 0.3) is 22.4 Å². The minimum Gasteiger partial charge on any atom is -0.298 e. The standard InChI is InChI=1S/C31H26ClN3O3S2/c1-2-8-28-29(23-15-13-22(14-16-23)21-9-4-3-5-10-21)33-31(39-28)34-30(36)26-11-6-7-12-27(26)35-40(37,38)25-19-17-24(32)18-20-25/h3-7,9-20,35H,2,8H2,1H3,(H,33,34,36). The molecule has 0 radical (unpaired) electrons. The first-order valence-electron chi connectivity index (χ1n) is 12.7. The van der Waals surface area contributed by atoms with Gasteiger partial charge in [0.25, 0.3) is 15.9 Å². The van der Waals surface area contributed by atoms with Crippen LogP contribution in [0.15, 0.2) is 108 Å². The highest BCUT2D eigenvalue weighted by atomic mass is 35.5. The first-order valence-corrected chi connectivity index (χ1v) is 15.4. The SMILES string of the molecule is CCCc1sc(NC(=O)c2ccccc2NS(=O)(=O)c2ccc(Cl)cc2)nc1-c1ccc(-c2ccccc2)cc1. The van der Waals surface area contributed by atoms with Gasteiger partial charge in [-0.05, 0) is 53.9 Å². The number of para-hydroxylation sites is 1. The summed E-state index contributed by atoms with van der Waals surface area (Å²) in [6.07, 6.45) is 1.75. The molecule has 0 unspecified atom stereocenters. The van der Waals surface area contributed by atoms with Gasteiger partial charge in [-0.3, -0.25) is 14.8 Å². The summed E-state index contributed by atoms with van der Waals surface area (Å²) in [5.74, 6) is -0.461. The number of nitrogens with zero attached hydrogens (tertiary/aromatic N) is 1. The summed E-state index contributed by atoms with van der Waals surface area (Å²) in [5, 5.41) is 3.75. The molecule has 0 bridgehead atoms. The van der Waals surface area contributed by atoms with Crippen LogP contribution >= 0.6 is 22.9 Å². The van der Waals surface area contributed by atoms with Crippen LogP contribution in [-0.2, 0) is 16.4 Å². The van der Waals surface area contributed by atoms with Crippen LogP contribution in [0.1, 0.15) is 28.6 Å². The van der Waals surface area contributed by atoms with E-state index in [1.54, 1.807) is 24.3 Å². The number of halogens is 1. The molecule has 1 aromatic heterocycles. The second kappa shape index (κ2) is 12.0. The lowest BCUT2D eigenvalue weighted by Gasteiger charge is -2.12. The molecule has 1 heterocycles. The van der Waals surface area contributed by atoms with Gasteiger partial charge in [0.15, 0.2) is 5.13 Å². The van der Waals surface area contributed by atoms with Crippen molar-refractivity contribution in [2.75, 3.05) is 10.0 Å². The van der Waals surface area contributed by atoms with Crippen molar-refractivity contribution in [2.24, 2.45) is 0 Å². The fourth-order valence-electron chi connectivity index (χ4n) is 4.23. The Hall–Kier alpha value is -3.98. The number of aromatic nitrogens is 1. The Morgan fingerprint density at radius 1 is 0.825 bits per heavy atom. The van der Waals surface area contributed by atoms with Crippen LogP contribution in [0.2, 0.25) is 5.02 Å². The van der Waals surface area contributed by atoms with Gasteiger partial charge >= 0.3 is 0 Å². The second-order valence-corrected chi connectivity index (χ2v) is 12.2. The Morgan fingerprint density at radius 3 is 2.15 bits per heavy atom. The average Bonchev–Trinajstić information content (AvgIpc) is 3.36. The Balaban J connectivity index is 1.39. The quantitative estimate of drug-likeness (QED) is 0.182. The van der Waals surface area contributed by atoms with Gasteiger partial charge in [-0.15, -0.1) is 11.3 Å². The van der Waals surface area contributed by atoms with Gasteiger partial charge in [-0.1, -0.05) is 91.7 Å². The van der Waals surface area contributed by atoms with E-state index in [9.17, 15) is 13.2 Å². The fourth-order valence-corrected chi connectivity index (χ4v) is 6.52. The predicted octanol–water partition coefficient (Wildman–Crippen LogP) is 8.14. The van der Waals surface area contributed by atoms with Crippen molar-refractivity contribution in [3.63, 3.8) is 0 Å². The van der Waals surface area contributed by atoms with Crippen LogP contribution in [0.5, 0.6) is 0 Å². The molecule has 1 amide bonds. The topological polar surface area (TPSA) is 88.2 Å². The van der Waals surface area contributed by atoms with Gasteiger partial charge in [0, 0.05) is 15.5 Å². The Labute approximate surface area is 242 Å². The minimum atomic E-state index is -3.93. The summed E-state index contributed by atoms with van der Waals surface area (Å²) >= 11 is 7.32. The molecule has 40 heavy (non-hydrogen) atoms. The summed E-state index contributed by atoms with van der Waals surface area (Å²) in [6, 6.07) is 30.7. The highest BCUT2D eigenvalue weighted by molar-refractivity contribution is 7.92. The maximum atomic E-state index is 13.3. The van der Waals surface area contributed by atoms with Crippen molar-refractivity contribution in [3.8, 4) is 22.4 Å². The number of nitrogens with one attached hydrogen (secondary N) is 2. The molecule has 0 fully saturated rings. The summed E-state index contributed by atoms with van der Waals surface area (Å²) in [4.78, 5) is 19.2. The monoisotopic (exact) mass is 587 g/mol. The van der Waals surface area contributed by atoms with Crippen LogP contribution in [0, 0.1) is 0 Å². The van der Waals surface area contributed by atoms with E-state index in [0.717, 1.165) is 40.1 Å². The van der Waals surface area contributed by atoms with Gasteiger partial charge in [0.2, 0.25) is 0 Å². The molecule has 9 heteroatoms. The minimum absolute atomic E-state index is 0.0409. The van der Waals surface area contributed by atoms with Crippen LogP contribution < -0.4 is 10.0 Å². The normalized spacial score (nSPS) is 11.2. The third-order valence-electron chi connectivity index (χ3n) is 6.20. The van der Waals surface area contributed by atoms with E-state index in [-0.39, 0.29) is 16.1 Å². The second-order valence-electron chi connectivity index (χ2n) is 9.04. The highest BCUT2D eigenvalue weighted by Crippen LogP contribution is 2.34. The lowest BCUT2D eigenvalue weighted by molar-refractivity contribution is 0.102. The van der Waals surface area contributed by atoms with Crippen LogP contribution in [0.4, 0.5) is 10.8 Å². The predicted molar refractivity (Wildman–Crippen MR) is 164 cm³/mol. The van der Waals surface area contributed by atoms with E-state index in [1.807, 2.05) is 30.3 Å². The molecule has 5 rings (SSSR count). The Kier molecular flexibility index (Phi) is 8.30. The molecule has 0 aliphatic heterocycles. The Bertz CT molecular complexity index is 1740. The van der Waals surface area contributed by atoms with Crippen molar-refractivity contribution in [3.05, 3.63) is 119 Å². The maximum absolute atomic E-state index is 13.3. The van der Waals surface area contributed by atoms with Gasteiger partial charge in [-0.25, -0.2) is 13.4 Å². The van der Waals surface area contributed by atoms with Crippen LogP contribution in [0.3, 0.4) is 0 Å². The molecule has 0 saturated heterocycles. The summed E-state index contributed by atoms with van der Waals surface area (Å²) in [6.45, 7) is 2.10. The van der Waals surface area contributed by atoms with E-state index in [4.69, 9.17) is 16.6 Å². The molecule has 0 atom stereocenters. The van der Waals surface area contributed by atoms with Gasteiger partial charge < -0.3 is 0 Å². The van der Waals surface area contributed by atoms with Crippen LogP contribution in [-0.4, -0.2) is 19.3 Å². The molecule has 2 N–H and O–H groups in total. The van der Waals surface area contributed by atoms with Crippen molar-refractivity contribution in [1.82, 2.24) is 4.98 Å². The number of carbonyl (C=O) groups excluding carboxylic acids is 1. The molecule has 0 aliphatic rings. The lowest BCUT2D eigenvalue weighted by Crippen LogP contribution is -2.18. The zero-order valence-electron chi connectivity index (χ0n) is 21.6. The summed E-state index contributed by atoms with van der Waals surface area (Å²) < 4.78 is 28.4.